The Hall–Kier alpha value is -2.01. The van der Waals surface area contributed by atoms with Crippen LogP contribution in [-0.4, -0.2) is 24.2 Å². The number of nitrogens with one attached hydrogen (secondary N) is 1. The zero-order valence-electron chi connectivity index (χ0n) is 13.8. The van der Waals surface area contributed by atoms with Crippen LogP contribution in [0.25, 0.3) is 5.57 Å². The van der Waals surface area contributed by atoms with Gasteiger partial charge >= 0.3 is 12.1 Å². The van der Waals surface area contributed by atoms with Gasteiger partial charge in [0.15, 0.2) is 11.4 Å². The number of amides is 1. The van der Waals surface area contributed by atoms with Gasteiger partial charge in [0.1, 0.15) is 5.57 Å². The van der Waals surface area contributed by atoms with Gasteiger partial charge in [-0.3, -0.25) is 0 Å². The van der Waals surface area contributed by atoms with Crippen LogP contribution in [0.4, 0.5) is 4.79 Å². The van der Waals surface area contributed by atoms with Gasteiger partial charge in [-0.1, -0.05) is 23.2 Å². The molecule has 0 unspecified atom stereocenters. The number of rotatable bonds is 3. The molecule has 1 fully saturated rings. The number of halogens is 1. The van der Waals surface area contributed by atoms with E-state index < -0.39 is 17.7 Å². The first-order valence-corrected chi connectivity index (χ1v) is 8.55. The zero-order chi connectivity index (χ0) is 17.3. The van der Waals surface area contributed by atoms with Crippen molar-refractivity contribution in [2.45, 2.75) is 45.1 Å². The summed E-state index contributed by atoms with van der Waals surface area (Å²) >= 11 is 6.30. The zero-order valence-corrected chi connectivity index (χ0v) is 14.5. The monoisotopic (exact) mass is 349 g/mol. The van der Waals surface area contributed by atoms with E-state index in [2.05, 4.69) is 5.32 Å². The van der Waals surface area contributed by atoms with Gasteiger partial charge in [-0.05, 0) is 51.7 Å². The van der Waals surface area contributed by atoms with Gasteiger partial charge in [0.25, 0.3) is 0 Å². The molecule has 1 amide bonds. The van der Waals surface area contributed by atoms with Crippen LogP contribution in [-0.2, 0) is 14.3 Å². The average molecular weight is 350 g/mol. The van der Waals surface area contributed by atoms with Gasteiger partial charge in [0.2, 0.25) is 0 Å². The molecular formula is C18H20ClNO4. The van der Waals surface area contributed by atoms with E-state index in [4.69, 9.17) is 21.1 Å². The van der Waals surface area contributed by atoms with Gasteiger partial charge < -0.3 is 14.8 Å². The van der Waals surface area contributed by atoms with Gasteiger partial charge in [-0.2, -0.15) is 0 Å². The molecule has 0 saturated heterocycles. The molecule has 6 heteroatoms. The molecular weight excluding hydrogens is 330 g/mol. The van der Waals surface area contributed by atoms with E-state index in [9.17, 15) is 9.59 Å². The standard InChI is InChI=1S/C18H20ClNO4/c1-3-20-17(22)23-15-14(12-10-11(2)6-7-13(12)19)16(21)24-18(15)8-4-5-9-18/h6-7,10H,3-5,8-9H2,1-2H3,(H,20,22). The SMILES string of the molecule is CCNC(=O)OC1=C(c2cc(C)ccc2Cl)C(=O)OC12CCCC2. The van der Waals surface area contributed by atoms with Gasteiger partial charge in [-0.25, -0.2) is 9.59 Å². The Balaban J connectivity index is 2.13. The minimum absolute atomic E-state index is 0.261. The Morgan fingerprint density at radius 3 is 2.75 bits per heavy atom. The lowest BCUT2D eigenvalue weighted by molar-refractivity contribution is -0.146. The van der Waals surface area contributed by atoms with Crippen molar-refractivity contribution in [1.29, 1.82) is 0 Å². The number of carbonyl (C=O) groups excluding carboxylic acids is 2. The summed E-state index contributed by atoms with van der Waals surface area (Å²) in [7, 11) is 0. The van der Waals surface area contributed by atoms with Crippen molar-refractivity contribution in [3.63, 3.8) is 0 Å². The van der Waals surface area contributed by atoms with Crippen molar-refractivity contribution in [2.24, 2.45) is 0 Å². The summed E-state index contributed by atoms with van der Waals surface area (Å²) in [6.45, 7) is 4.15. The van der Waals surface area contributed by atoms with Crippen LogP contribution in [0.1, 0.15) is 43.7 Å². The molecule has 0 radical (unpaired) electrons. The van der Waals surface area contributed by atoms with Gasteiger partial charge in [-0.15, -0.1) is 0 Å². The second kappa shape index (κ2) is 6.48. The Bertz CT molecular complexity index is 720. The maximum atomic E-state index is 12.6. The van der Waals surface area contributed by atoms with Crippen LogP contribution in [0.5, 0.6) is 0 Å². The summed E-state index contributed by atoms with van der Waals surface area (Å²) in [6, 6.07) is 5.41. The summed E-state index contributed by atoms with van der Waals surface area (Å²) in [5, 5.41) is 3.03. The van der Waals surface area contributed by atoms with E-state index in [-0.39, 0.29) is 5.57 Å². The molecule has 0 atom stereocenters. The number of hydrogen-bond acceptors (Lipinski definition) is 4. The minimum atomic E-state index is -0.843. The molecule has 5 nitrogen and oxygen atoms in total. The van der Waals surface area contributed by atoms with Crippen molar-refractivity contribution in [3.05, 3.63) is 40.1 Å². The first-order chi connectivity index (χ1) is 11.5. The highest BCUT2D eigenvalue weighted by atomic mass is 35.5. The predicted molar refractivity (Wildman–Crippen MR) is 90.6 cm³/mol. The molecule has 0 aromatic heterocycles. The van der Waals surface area contributed by atoms with E-state index in [1.165, 1.54) is 0 Å². The average Bonchev–Trinajstić information content (AvgIpc) is 3.09. The third-order valence-electron chi connectivity index (χ3n) is 4.45. The van der Waals surface area contributed by atoms with E-state index in [0.29, 0.717) is 35.7 Å². The fourth-order valence-electron chi connectivity index (χ4n) is 3.35. The van der Waals surface area contributed by atoms with Crippen molar-refractivity contribution in [2.75, 3.05) is 6.54 Å². The summed E-state index contributed by atoms with van der Waals surface area (Å²) in [6.07, 6.45) is 2.56. The highest BCUT2D eigenvalue weighted by molar-refractivity contribution is 6.35. The Labute approximate surface area is 146 Å². The van der Waals surface area contributed by atoms with E-state index in [1.807, 2.05) is 19.1 Å². The fourth-order valence-corrected chi connectivity index (χ4v) is 3.56. The molecule has 128 valence electrons. The first kappa shape index (κ1) is 16.8. The number of carbonyl (C=O) groups is 2. The molecule has 24 heavy (non-hydrogen) atoms. The number of ether oxygens (including phenoxy) is 2. The fraction of sp³-hybridized carbons (Fsp3) is 0.444. The van der Waals surface area contributed by atoms with Crippen LogP contribution >= 0.6 is 11.6 Å². The molecule has 2 aliphatic rings. The van der Waals surface area contributed by atoms with E-state index in [0.717, 1.165) is 18.4 Å². The quantitative estimate of drug-likeness (QED) is 0.838. The number of benzene rings is 1. The van der Waals surface area contributed by atoms with Crippen molar-refractivity contribution in [1.82, 2.24) is 5.32 Å². The summed E-state index contributed by atoms with van der Waals surface area (Å²) < 4.78 is 11.2. The van der Waals surface area contributed by atoms with Gasteiger partial charge in [0, 0.05) is 17.1 Å². The minimum Gasteiger partial charge on any atom is -0.447 e. The molecule has 1 saturated carbocycles. The summed E-state index contributed by atoms with van der Waals surface area (Å²) in [4.78, 5) is 24.6. The number of hydrogen-bond donors (Lipinski definition) is 1. The molecule has 0 bridgehead atoms. The Morgan fingerprint density at radius 2 is 2.08 bits per heavy atom. The molecule has 1 aliphatic carbocycles. The van der Waals surface area contributed by atoms with Crippen molar-refractivity contribution in [3.8, 4) is 0 Å². The lowest BCUT2D eigenvalue weighted by Gasteiger charge is -2.24. The summed E-state index contributed by atoms with van der Waals surface area (Å²) in [5.41, 5.74) is 0.922. The van der Waals surface area contributed by atoms with E-state index >= 15 is 0 Å². The predicted octanol–water partition coefficient (Wildman–Crippen LogP) is 3.98. The Morgan fingerprint density at radius 1 is 1.38 bits per heavy atom. The largest absolute Gasteiger partial charge is 0.447 e. The van der Waals surface area contributed by atoms with Crippen LogP contribution in [0.2, 0.25) is 5.02 Å². The molecule has 3 rings (SSSR count). The number of esters is 1. The van der Waals surface area contributed by atoms with Crippen LogP contribution in [0, 0.1) is 6.92 Å². The lowest BCUT2D eigenvalue weighted by Crippen LogP contribution is -2.33. The number of alkyl carbamates (subject to hydrolysis) is 1. The molecule has 1 aromatic rings. The normalized spacial score (nSPS) is 18.9. The number of aryl methyl sites for hydroxylation is 1. The van der Waals surface area contributed by atoms with Crippen LogP contribution < -0.4 is 5.32 Å². The lowest BCUT2D eigenvalue weighted by atomic mass is 9.94. The topological polar surface area (TPSA) is 64.6 Å². The Kier molecular flexibility index (Phi) is 4.54. The highest BCUT2D eigenvalue weighted by Crippen LogP contribution is 2.49. The first-order valence-electron chi connectivity index (χ1n) is 8.17. The third kappa shape index (κ3) is 2.88. The van der Waals surface area contributed by atoms with Gasteiger partial charge in [0.05, 0.1) is 0 Å². The van der Waals surface area contributed by atoms with Crippen LogP contribution in [0.15, 0.2) is 24.0 Å². The van der Waals surface area contributed by atoms with Crippen LogP contribution in [0.3, 0.4) is 0 Å². The second-order valence-corrected chi connectivity index (χ2v) is 6.61. The molecule has 1 aromatic carbocycles. The molecule has 1 aliphatic heterocycles. The third-order valence-corrected chi connectivity index (χ3v) is 4.78. The maximum Gasteiger partial charge on any atom is 0.412 e. The van der Waals surface area contributed by atoms with Crippen molar-refractivity contribution >= 4 is 29.2 Å². The molecule has 1 heterocycles. The molecule has 1 spiro atoms. The maximum absolute atomic E-state index is 12.6. The highest BCUT2D eigenvalue weighted by Gasteiger charge is 2.52. The smallest absolute Gasteiger partial charge is 0.412 e. The second-order valence-electron chi connectivity index (χ2n) is 6.20. The summed E-state index contributed by atoms with van der Waals surface area (Å²) in [5.74, 6) is -0.188. The van der Waals surface area contributed by atoms with Crippen molar-refractivity contribution < 1.29 is 19.1 Å². The molecule has 1 N–H and O–H groups in total. The van der Waals surface area contributed by atoms with E-state index in [1.54, 1.807) is 13.0 Å².